The zero-order valence-corrected chi connectivity index (χ0v) is 13.3. The van der Waals surface area contributed by atoms with Gasteiger partial charge in [-0.25, -0.2) is 0 Å². The van der Waals surface area contributed by atoms with Crippen molar-refractivity contribution in [1.82, 2.24) is 0 Å². The number of carbonyl (C=O) groups is 2. The second-order valence-corrected chi connectivity index (χ2v) is 5.75. The van der Waals surface area contributed by atoms with E-state index in [9.17, 15) is 9.59 Å². The molecule has 0 aliphatic heterocycles. The van der Waals surface area contributed by atoms with Gasteiger partial charge in [-0.2, -0.15) is 0 Å². The first-order valence-electron chi connectivity index (χ1n) is 7.05. The van der Waals surface area contributed by atoms with E-state index in [0.717, 1.165) is 11.4 Å². The zero-order chi connectivity index (χ0) is 16.2. The van der Waals surface area contributed by atoms with E-state index in [2.05, 4.69) is 0 Å². The molecule has 0 aliphatic rings. The molecular formula is C16H24N2O3. The van der Waals surface area contributed by atoms with Gasteiger partial charge in [0.15, 0.2) is 0 Å². The normalized spacial score (nSPS) is 12.1. The molecule has 0 radical (unpaired) electrons. The fraction of sp³-hybridized carbons (Fsp3) is 0.500. The Balaban J connectivity index is 3.05. The molecule has 116 valence electrons. The molecule has 1 aromatic rings. The monoisotopic (exact) mass is 292 g/mol. The van der Waals surface area contributed by atoms with E-state index in [4.69, 9.17) is 5.11 Å². The molecule has 21 heavy (non-hydrogen) atoms. The summed E-state index contributed by atoms with van der Waals surface area (Å²) < 4.78 is 0. The second kappa shape index (κ2) is 7.11. The van der Waals surface area contributed by atoms with Crippen LogP contribution in [0.25, 0.3) is 0 Å². The van der Waals surface area contributed by atoms with Crippen LogP contribution in [0.4, 0.5) is 11.4 Å². The molecule has 0 aromatic heterocycles. The number of aliphatic carboxylic acids is 1. The molecule has 0 fully saturated rings. The van der Waals surface area contributed by atoms with Crippen LogP contribution in [0, 0.1) is 11.8 Å². The zero-order valence-electron chi connectivity index (χ0n) is 13.3. The maximum absolute atomic E-state index is 12.3. The van der Waals surface area contributed by atoms with Crippen LogP contribution in [0.2, 0.25) is 0 Å². The SMILES string of the molecule is CC(C)C(=O)N(CC(C)C(=O)O)c1ccc(N(C)C)cc1. The lowest BCUT2D eigenvalue weighted by molar-refractivity contribution is -0.140. The molecule has 0 bridgehead atoms. The maximum atomic E-state index is 12.3. The number of carboxylic acid groups (broad SMARTS) is 1. The van der Waals surface area contributed by atoms with Crippen molar-refractivity contribution in [3.63, 3.8) is 0 Å². The van der Waals surface area contributed by atoms with Crippen molar-refractivity contribution in [2.45, 2.75) is 20.8 Å². The van der Waals surface area contributed by atoms with Gasteiger partial charge in [0.2, 0.25) is 5.91 Å². The summed E-state index contributed by atoms with van der Waals surface area (Å²) in [6, 6.07) is 7.54. The third kappa shape index (κ3) is 4.48. The van der Waals surface area contributed by atoms with Crippen molar-refractivity contribution in [2.75, 3.05) is 30.4 Å². The maximum Gasteiger partial charge on any atom is 0.308 e. The Morgan fingerprint density at radius 1 is 1.05 bits per heavy atom. The van der Waals surface area contributed by atoms with E-state index in [-0.39, 0.29) is 18.4 Å². The van der Waals surface area contributed by atoms with Crippen molar-refractivity contribution in [3.05, 3.63) is 24.3 Å². The van der Waals surface area contributed by atoms with Gasteiger partial charge in [-0.3, -0.25) is 9.59 Å². The first kappa shape index (κ1) is 17.0. The average Bonchev–Trinajstić information content (AvgIpc) is 2.43. The minimum atomic E-state index is -0.901. The highest BCUT2D eigenvalue weighted by Gasteiger charge is 2.23. The fourth-order valence-electron chi connectivity index (χ4n) is 1.92. The summed E-state index contributed by atoms with van der Waals surface area (Å²) in [6.07, 6.45) is 0. The van der Waals surface area contributed by atoms with E-state index >= 15 is 0 Å². The van der Waals surface area contributed by atoms with E-state index in [1.54, 1.807) is 11.8 Å². The summed E-state index contributed by atoms with van der Waals surface area (Å²) in [5.41, 5.74) is 1.76. The van der Waals surface area contributed by atoms with Gasteiger partial charge in [0, 0.05) is 37.9 Å². The summed E-state index contributed by atoms with van der Waals surface area (Å²) in [5, 5.41) is 9.07. The molecule has 5 nitrogen and oxygen atoms in total. The largest absolute Gasteiger partial charge is 0.481 e. The van der Waals surface area contributed by atoms with Gasteiger partial charge in [-0.05, 0) is 24.3 Å². The molecule has 0 saturated carbocycles. The van der Waals surface area contributed by atoms with Gasteiger partial charge in [-0.1, -0.05) is 20.8 Å². The second-order valence-electron chi connectivity index (χ2n) is 5.75. The van der Waals surface area contributed by atoms with Gasteiger partial charge in [0.05, 0.1) is 5.92 Å². The highest BCUT2D eigenvalue weighted by atomic mass is 16.4. The quantitative estimate of drug-likeness (QED) is 0.875. The van der Waals surface area contributed by atoms with Crippen molar-refractivity contribution >= 4 is 23.3 Å². The lowest BCUT2D eigenvalue weighted by atomic mass is 10.1. The molecule has 5 heteroatoms. The molecule has 1 amide bonds. The van der Waals surface area contributed by atoms with Crippen LogP contribution < -0.4 is 9.80 Å². The Hall–Kier alpha value is -2.04. The molecule has 0 aliphatic carbocycles. The van der Waals surface area contributed by atoms with E-state index in [1.807, 2.05) is 57.1 Å². The number of anilines is 2. The first-order chi connectivity index (χ1) is 9.73. The Morgan fingerprint density at radius 2 is 1.52 bits per heavy atom. The van der Waals surface area contributed by atoms with Gasteiger partial charge in [0.25, 0.3) is 0 Å². The fourth-order valence-corrected chi connectivity index (χ4v) is 1.92. The summed E-state index contributed by atoms with van der Waals surface area (Å²) in [5.74, 6) is -1.76. The summed E-state index contributed by atoms with van der Waals surface area (Å²) in [7, 11) is 3.89. The molecule has 1 atom stereocenters. The predicted molar refractivity (Wildman–Crippen MR) is 84.8 cm³/mol. The van der Waals surface area contributed by atoms with Gasteiger partial charge >= 0.3 is 5.97 Å². The van der Waals surface area contributed by atoms with Gasteiger partial charge in [-0.15, -0.1) is 0 Å². The van der Waals surface area contributed by atoms with Gasteiger partial charge in [0.1, 0.15) is 0 Å². The standard InChI is InChI=1S/C16H24N2O3/c1-11(2)15(19)18(10-12(3)16(20)21)14-8-6-13(7-9-14)17(4)5/h6-9,11-12H,10H2,1-5H3,(H,20,21). The molecule has 1 rings (SSSR count). The number of amides is 1. The van der Waals surface area contributed by atoms with Crippen LogP contribution in [0.3, 0.4) is 0 Å². The number of carbonyl (C=O) groups excluding carboxylic acids is 1. The van der Waals surface area contributed by atoms with Crippen molar-refractivity contribution in [2.24, 2.45) is 11.8 Å². The van der Waals surface area contributed by atoms with Crippen LogP contribution in [-0.4, -0.2) is 37.6 Å². The molecular weight excluding hydrogens is 268 g/mol. The van der Waals surface area contributed by atoms with Crippen molar-refractivity contribution in [3.8, 4) is 0 Å². The van der Waals surface area contributed by atoms with Crippen molar-refractivity contribution < 1.29 is 14.7 Å². The Kier molecular flexibility index (Phi) is 5.76. The Morgan fingerprint density at radius 3 is 1.90 bits per heavy atom. The van der Waals surface area contributed by atoms with Crippen molar-refractivity contribution in [1.29, 1.82) is 0 Å². The molecule has 1 N–H and O–H groups in total. The topological polar surface area (TPSA) is 60.9 Å². The number of nitrogens with zero attached hydrogens (tertiary/aromatic N) is 2. The van der Waals surface area contributed by atoms with Crippen LogP contribution >= 0.6 is 0 Å². The third-order valence-electron chi connectivity index (χ3n) is 3.32. The van der Waals surface area contributed by atoms with Crippen LogP contribution in [-0.2, 0) is 9.59 Å². The predicted octanol–water partition coefficient (Wildman–Crippen LogP) is 2.46. The lowest BCUT2D eigenvalue weighted by Gasteiger charge is -2.27. The molecule has 0 saturated heterocycles. The van der Waals surface area contributed by atoms with Crippen LogP contribution in [0.5, 0.6) is 0 Å². The van der Waals surface area contributed by atoms with E-state index in [0.29, 0.717) is 0 Å². The molecule has 1 unspecified atom stereocenters. The smallest absolute Gasteiger partial charge is 0.308 e. The molecule has 0 spiro atoms. The number of hydrogen-bond donors (Lipinski definition) is 1. The van der Waals surface area contributed by atoms with Crippen LogP contribution in [0.15, 0.2) is 24.3 Å². The highest BCUT2D eigenvalue weighted by Crippen LogP contribution is 2.22. The minimum Gasteiger partial charge on any atom is -0.481 e. The van der Waals surface area contributed by atoms with E-state index < -0.39 is 11.9 Å². The average molecular weight is 292 g/mol. The van der Waals surface area contributed by atoms with E-state index in [1.165, 1.54) is 0 Å². The molecule has 0 heterocycles. The summed E-state index contributed by atoms with van der Waals surface area (Å²) in [4.78, 5) is 26.9. The third-order valence-corrected chi connectivity index (χ3v) is 3.32. The number of rotatable bonds is 6. The Bertz CT molecular complexity index is 495. The molecule has 1 aromatic carbocycles. The minimum absolute atomic E-state index is 0.0688. The number of carboxylic acids is 1. The van der Waals surface area contributed by atoms with Gasteiger partial charge < -0.3 is 14.9 Å². The highest BCUT2D eigenvalue weighted by molar-refractivity contribution is 5.95. The Labute approximate surface area is 126 Å². The first-order valence-corrected chi connectivity index (χ1v) is 7.05. The van der Waals surface area contributed by atoms with Crippen LogP contribution in [0.1, 0.15) is 20.8 Å². The summed E-state index contributed by atoms with van der Waals surface area (Å²) in [6.45, 7) is 5.41. The lowest BCUT2D eigenvalue weighted by Crippen LogP contribution is -2.39. The number of benzene rings is 1. The number of hydrogen-bond acceptors (Lipinski definition) is 3. The summed E-state index contributed by atoms with van der Waals surface area (Å²) >= 11 is 0.